The Hall–Kier alpha value is -2.28. The van der Waals surface area contributed by atoms with E-state index >= 15 is 0 Å². The second kappa shape index (κ2) is 5.79. The van der Waals surface area contributed by atoms with Gasteiger partial charge >= 0.3 is 0 Å². The molecule has 0 aliphatic carbocycles. The van der Waals surface area contributed by atoms with Gasteiger partial charge in [0.25, 0.3) is 0 Å². The van der Waals surface area contributed by atoms with Crippen molar-refractivity contribution in [3.8, 4) is 5.82 Å². The van der Waals surface area contributed by atoms with Crippen LogP contribution in [0.4, 0.5) is 5.69 Å². The van der Waals surface area contributed by atoms with Gasteiger partial charge in [-0.1, -0.05) is 13.3 Å². The Morgan fingerprint density at radius 3 is 3.00 bits per heavy atom. The van der Waals surface area contributed by atoms with Crippen molar-refractivity contribution in [1.29, 1.82) is 0 Å². The lowest BCUT2D eigenvalue weighted by Gasteiger charge is -2.23. The van der Waals surface area contributed by atoms with E-state index < -0.39 is 5.54 Å². The molecule has 0 saturated carbocycles. The van der Waals surface area contributed by atoms with Crippen molar-refractivity contribution in [2.75, 3.05) is 5.32 Å². The molecule has 0 spiro atoms. The number of hydrogen-bond acceptors (Lipinski definition) is 5. The molecule has 2 heterocycles. The number of amides is 1. The predicted octanol–water partition coefficient (Wildman–Crippen LogP) is 1.12. The second-order valence-corrected chi connectivity index (χ2v) is 4.84. The molecule has 0 aliphatic rings. The van der Waals surface area contributed by atoms with Crippen LogP contribution in [-0.2, 0) is 4.79 Å². The van der Waals surface area contributed by atoms with Crippen molar-refractivity contribution in [2.45, 2.75) is 32.2 Å². The molecule has 2 aromatic heterocycles. The maximum atomic E-state index is 12.2. The normalized spacial score (nSPS) is 13.8. The van der Waals surface area contributed by atoms with Crippen LogP contribution < -0.4 is 11.1 Å². The molecule has 7 heteroatoms. The lowest BCUT2D eigenvalue weighted by molar-refractivity contribution is -0.120. The van der Waals surface area contributed by atoms with Gasteiger partial charge in [0, 0.05) is 6.20 Å². The zero-order valence-corrected chi connectivity index (χ0v) is 11.6. The number of nitrogens with two attached hydrogens (primary N) is 1. The topological polar surface area (TPSA) is 98.7 Å². The summed E-state index contributed by atoms with van der Waals surface area (Å²) in [6.45, 7) is 3.71. The number of carbonyl (C=O) groups excluding carboxylic acids is 1. The smallest absolute Gasteiger partial charge is 0.244 e. The van der Waals surface area contributed by atoms with Gasteiger partial charge in [0.1, 0.15) is 12.7 Å². The molecule has 106 valence electrons. The van der Waals surface area contributed by atoms with Crippen LogP contribution in [-0.4, -0.2) is 31.2 Å². The quantitative estimate of drug-likeness (QED) is 0.851. The summed E-state index contributed by atoms with van der Waals surface area (Å²) in [5, 5.41) is 6.82. The Balaban J connectivity index is 2.25. The van der Waals surface area contributed by atoms with E-state index in [0.29, 0.717) is 17.9 Å². The fraction of sp³-hybridized carbons (Fsp3) is 0.385. The molecule has 0 radical (unpaired) electrons. The van der Waals surface area contributed by atoms with E-state index in [1.54, 1.807) is 25.3 Å². The number of rotatable bonds is 5. The minimum Gasteiger partial charge on any atom is -0.321 e. The van der Waals surface area contributed by atoms with Crippen molar-refractivity contribution in [1.82, 2.24) is 19.7 Å². The van der Waals surface area contributed by atoms with Crippen LogP contribution in [0.15, 0.2) is 31.0 Å². The molecule has 0 aromatic carbocycles. The van der Waals surface area contributed by atoms with E-state index in [9.17, 15) is 4.79 Å². The van der Waals surface area contributed by atoms with E-state index in [1.165, 1.54) is 17.3 Å². The van der Waals surface area contributed by atoms with Crippen LogP contribution in [0.1, 0.15) is 26.7 Å². The van der Waals surface area contributed by atoms with Gasteiger partial charge in [-0.25, -0.2) is 14.6 Å². The van der Waals surface area contributed by atoms with Gasteiger partial charge in [0.2, 0.25) is 5.91 Å². The van der Waals surface area contributed by atoms with Crippen LogP contribution in [0.2, 0.25) is 0 Å². The molecule has 20 heavy (non-hydrogen) atoms. The van der Waals surface area contributed by atoms with Crippen LogP contribution in [0, 0.1) is 0 Å². The molecule has 0 aliphatic heterocycles. The molecule has 2 aromatic rings. The zero-order chi connectivity index (χ0) is 14.6. The van der Waals surface area contributed by atoms with E-state index in [0.717, 1.165) is 6.42 Å². The van der Waals surface area contributed by atoms with Crippen molar-refractivity contribution < 1.29 is 4.79 Å². The summed E-state index contributed by atoms with van der Waals surface area (Å²) in [5.41, 5.74) is 5.66. The van der Waals surface area contributed by atoms with Gasteiger partial charge in [0.05, 0.1) is 11.2 Å². The monoisotopic (exact) mass is 274 g/mol. The average molecular weight is 274 g/mol. The number of anilines is 1. The highest BCUT2D eigenvalue weighted by atomic mass is 16.2. The van der Waals surface area contributed by atoms with E-state index in [4.69, 9.17) is 5.73 Å². The standard InChI is InChI=1S/C13H18N6O/c1-3-6-13(2,14)12(20)18-10-5-4-7-16-11(10)19-9-15-8-17-19/h4-5,7-9H,3,6,14H2,1-2H3,(H,18,20). The third kappa shape index (κ3) is 3.00. The summed E-state index contributed by atoms with van der Waals surface area (Å²) in [6.07, 6.45) is 6.00. The SMILES string of the molecule is CCCC(C)(N)C(=O)Nc1cccnc1-n1cncn1. The molecule has 1 unspecified atom stereocenters. The van der Waals surface area contributed by atoms with Crippen molar-refractivity contribution in [3.63, 3.8) is 0 Å². The first kappa shape index (κ1) is 14.1. The van der Waals surface area contributed by atoms with Crippen molar-refractivity contribution in [3.05, 3.63) is 31.0 Å². The van der Waals surface area contributed by atoms with Crippen LogP contribution in [0.3, 0.4) is 0 Å². The number of nitrogens with one attached hydrogen (secondary N) is 1. The van der Waals surface area contributed by atoms with Gasteiger partial charge in [-0.2, -0.15) is 5.10 Å². The van der Waals surface area contributed by atoms with Crippen molar-refractivity contribution in [2.24, 2.45) is 5.73 Å². The largest absolute Gasteiger partial charge is 0.321 e. The second-order valence-electron chi connectivity index (χ2n) is 4.84. The minimum absolute atomic E-state index is 0.242. The molecule has 1 amide bonds. The van der Waals surface area contributed by atoms with Gasteiger partial charge in [-0.3, -0.25) is 4.79 Å². The molecule has 1 atom stereocenters. The molecule has 2 rings (SSSR count). The molecule has 7 nitrogen and oxygen atoms in total. The van der Waals surface area contributed by atoms with Gasteiger partial charge < -0.3 is 11.1 Å². The predicted molar refractivity (Wildman–Crippen MR) is 75.3 cm³/mol. The summed E-state index contributed by atoms with van der Waals surface area (Å²) in [5.74, 6) is 0.263. The van der Waals surface area contributed by atoms with Gasteiger partial charge in [-0.05, 0) is 25.5 Å². The summed E-state index contributed by atoms with van der Waals surface area (Å²) in [4.78, 5) is 20.3. The van der Waals surface area contributed by atoms with Gasteiger partial charge in [0.15, 0.2) is 5.82 Å². The summed E-state index contributed by atoms with van der Waals surface area (Å²) in [7, 11) is 0. The first-order valence-electron chi connectivity index (χ1n) is 6.45. The van der Waals surface area contributed by atoms with Crippen LogP contribution >= 0.6 is 0 Å². The summed E-state index contributed by atoms with van der Waals surface area (Å²) in [6, 6.07) is 3.49. The average Bonchev–Trinajstić information content (AvgIpc) is 2.93. The summed E-state index contributed by atoms with van der Waals surface area (Å²) < 4.78 is 1.49. The maximum absolute atomic E-state index is 12.2. The maximum Gasteiger partial charge on any atom is 0.244 e. The summed E-state index contributed by atoms with van der Waals surface area (Å²) >= 11 is 0. The number of pyridine rings is 1. The lowest BCUT2D eigenvalue weighted by Crippen LogP contribution is -2.48. The Morgan fingerprint density at radius 2 is 2.35 bits per heavy atom. The van der Waals surface area contributed by atoms with E-state index in [1.807, 2.05) is 6.92 Å². The Morgan fingerprint density at radius 1 is 1.55 bits per heavy atom. The van der Waals surface area contributed by atoms with E-state index in [2.05, 4.69) is 20.4 Å². The van der Waals surface area contributed by atoms with Crippen molar-refractivity contribution >= 4 is 11.6 Å². The minimum atomic E-state index is -0.912. The van der Waals surface area contributed by atoms with Gasteiger partial charge in [-0.15, -0.1) is 0 Å². The molecular formula is C13H18N6O. The molecule has 3 N–H and O–H groups in total. The Kier molecular flexibility index (Phi) is 4.09. The molecule has 0 saturated heterocycles. The number of aromatic nitrogens is 4. The first-order valence-corrected chi connectivity index (χ1v) is 6.45. The highest BCUT2D eigenvalue weighted by Crippen LogP contribution is 2.18. The third-order valence-electron chi connectivity index (χ3n) is 2.96. The Labute approximate surface area is 117 Å². The third-order valence-corrected chi connectivity index (χ3v) is 2.96. The fourth-order valence-electron chi connectivity index (χ4n) is 1.89. The number of nitrogens with zero attached hydrogens (tertiary/aromatic N) is 4. The number of hydrogen-bond donors (Lipinski definition) is 2. The van der Waals surface area contributed by atoms with Crippen LogP contribution in [0.5, 0.6) is 0 Å². The molecule has 0 fully saturated rings. The fourth-order valence-corrected chi connectivity index (χ4v) is 1.89. The first-order chi connectivity index (χ1) is 9.54. The Bertz CT molecular complexity index is 578. The number of carbonyl (C=O) groups is 1. The molecular weight excluding hydrogens is 256 g/mol. The van der Waals surface area contributed by atoms with E-state index in [-0.39, 0.29) is 5.91 Å². The lowest BCUT2D eigenvalue weighted by atomic mass is 9.96. The van der Waals surface area contributed by atoms with Crippen LogP contribution in [0.25, 0.3) is 5.82 Å². The zero-order valence-electron chi connectivity index (χ0n) is 11.6. The molecule has 0 bridgehead atoms. The highest BCUT2D eigenvalue weighted by molar-refractivity contribution is 5.98. The highest BCUT2D eigenvalue weighted by Gasteiger charge is 2.28.